The molecule has 1 atom stereocenters. The van der Waals surface area contributed by atoms with Gasteiger partial charge in [-0.15, -0.1) is 11.3 Å². The fourth-order valence-corrected chi connectivity index (χ4v) is 3.32. The van der Waals surface area contributed by atoms with Crippen molar-refractivity contribution >= 4 is 17.2 Å². The number of amides is 1. The molecule has 3 N–H and O–H groups in total. The minimum Gasteiger partial charge on any atom is -0.344 e. The molecule has 0 saturated heterocycles. The van der Waals surface area contributed by atoms with E-state index in [-0.39, 0.29) is 11.9 Å². The third-order valence-electron chi connectivity index (χ3n) is 3.48. The number of carbonyl (C=O) groups is 1. The SMILES string of the molecule is CC(C)C(NC(=O)c1ccccc1CCN)c1cccs1. The Bertz CT molecular complexity index is 578. The molecule has 2 aromatic rings. The molecular weight excluding hydrogens is 280 g/mol. The van der Waals surface area contributed by atoms with Crippen LogP contribution in [-0.4, -0.2) is 12.5 Å². The molecule has 1 unspecified atom stereocenters. The molecule has 0 bridgehead atoms. The van der Waals surface area contributed by atoms with Gasteiger partial charge in [0.05, 0.1) is 6.04 Å². The second-order valence-electron chi connectivity index (χ2n) is 5.41. The Labute approximate surface area is 130 Å². The van der Waals surface area contributed by atoms with Crippen molar-refractivity contribution in [3.63, 3.8) is 0 Å². The molecular formula is C17H22N2OS. The largest absolute Gasteiger partial charge is 0.344 e. The fourth-order valence-electron chi connectivity index (χ4n) is 2.37. The van der Waals surface area contributed by atoms with E-state index in [0.717, 1.165) is 17.5 Å². The minimum atomic E-state index is -0.0221. The summed E-state index contributed by atoms with van der Waals surface area (Å²) in [5, 5.41) is 5.21. The molecule has 2 rings (SSSR count). The highest BCUT2D eigenvalue weighted by molar-refractivity contribution is 7.10. The highest BCUT2D eigenvalue weighted by Crippen LogP contribution is 2.26. The van der Waals surface area contributed by atoms with Gasteiger partial charge in [-0.1, -0.05) is 38.1 Å². The summed E-state index contributed by atoms with van der Waals surface area (Å²) in [5.74, 6) is 0.320. The van der Waals surface area contributed by atoms with Crippen molar-refractivity contribution in [2.45, 2.75) is 26.3 Å². The van der Waals surface area contributed by atoms with Crippen molar-refractivity contribution in [1.29, 1.82) is 0 Å². The molecule has 3 nitrogen and oxygen atoms in total. The van der Waals surface area contributed by atoms with E-state index in [9.17, 15) is 4.79 Å². The molecule has 0 aliphatic heterocycles. The summed E-state index contributed by atoms with van der Waals surface area (Å²) in [7, 11) is 0. The average Bonchev–Trinajstić information content (AvgIpc) is 2.99. The van der Waals surface area contributed by atoms with Gasteiger partial charge < -0.3 is 11.1 Å². The predicted octanol–water partition coefficient (Wildman–Crippen LogP) is 3.38. The second kappa shape index (κ2) is 7.38. The molecule has 1 aromatic carbocycles. The summed E-state index contributed by atoms with van der Waals surface area (Å²) in [4.78, 5) is 13.8. The fraction of sp³-hybridized carbons (Fsp3) is 0.353. The smallest absolute Gasteiger partial charge is 0.252 e. The van der Waals surface area contributed by atoms with Crippen molar-refractivity contribution in [2.24, 2.45) is 11.7 Å². The Balaban J connectivity index is 2.20. The van der Waals surface area contributed by atoms with E-state index in [0.29, 0.717) is 12.5 Å². The molecule has 0 spiro atoms. The lowest BCUT2D eigenvalue weighted by molar-refractivity contribution is 0.0925. The van der Waals surface area contributed by atoms with E-state index in [1.54, 1.807) is 11.3 Å². The molecule has 21 heavy (non-hydrogen) atoms. The molecule has 1 aromatic heterocycles. The van der Waals surface area contributed by atoms with Crippen LogP contribution < -0.4 is 11.1 Å². The molecule has 0 radical (unpaired) electrons. The van der Waals surface area contributed by atoms with Crippen LogP contribution >= 0.6 is 11.3 Å². The van der Waals surface area contributed by atoms with Gasteiger partial charge in [-0.2, -0.15) is 0 Å². The summed E-state index contributed by atoms with van der Waals surface area (Å²) in [6.45, 7) is 4.79. The number of nitrogens with one attached hydrogen (secondary N) is 1. The number of hydrogen-bond donors (Lipinski definition) is 2. The molecule has 1 amide bonds. The van der Waals surface area contributed by atoms with E-state index < -0.39 is 0 Å². The summed E-state index contributed by atoms with van der Waals surface area (Å²) >= 11 is 1.68. The Morgan fingerprint density at radius 2 is 2.00 bits per heavy atom. The van der Waals surface area contributed by atoms with Gasteiger partial charge in [0, 0.05) is 10.4 Å². The van der Waals surface area contributed by atoms with Crippen molar-refractivity contribution < 1.29 is 4.79 Å². The number of nitrogens with two attached hydrogens (primary N) is 1. The van der Waals surface area contributed by atoms with Crippen LogP contribution in [0.15, 0.2) is 41.8 Å². The van der Waals surface area contributed by atoms with Crippen LogP contribution in [0.1, 0.15) is 40.7 Å². The quantitative estimate of drug-likeness (QED) is 0.859. The third-order valence-corrected chi connectivity index (χ3v) is 4.43. The first-order valence-corrected chi connectivity index (χ1v) is 8.13. The van der Waals surface area contributed by atoms with Crippen molar-refractivity contribution in [3.05, 3.63) is 57.8 Å². The molecule has 1 heterocycles. The lowest BCUT2D eigenvalue weighted by Crippen LogP contribution is -2.32. The maximum atomic E-state index is 12.6. The zero-order valence-electron chi connectivity index (χ0n) is 12.5. The van der Waals surface area contributed by atoms with E-state index in [1.165, 1.54) is 4.88 Å². The van der Waals surface area contributed by atoms with Crippen LogP contribution in [0.3, 0.4) is 0 Å². The predicted molar refractivity (Wildman–Crippen MR) is 88.6 cm³/mol. The van der Waals surface area contributed by atoms with Gasteiger partial charge in [-0.25, -0.2) is 0 Å². The Morgan fingerprint density at radius 3 is 2.62 bits per heavy atom. The Kier molecular flexibility index (Phi) is 5.53. The van der Waals surface area contributed by atoms with E-state index in [2.05, 4.69) is 25.2 Å². The van der Waals surface area contributed by atoms with Gasteiger partial charge in [-0.3, -0.25) is 4.79 Å². The lowest BCUT2D eigenvalue weighted by Gasteiger charge is -2.22. The minimum absolute atomic E-state index is 0.0221. The molecule has 4 heteroatoms. The van der Waals surface area contributed by atoms with Gasteiger partial charge in [0.25, 0.3) is 5.91 Å². The summed E-state index contributed by atoms with van der Waals surface area (Å²) in [6.07, 6.45) is 0.717. The van der Waals surface area contributed by atoms with Gasteiger partial charge in [-0.05, 0) is 42.0 Å². The number of thiophene rings is 1. The van der Waals surface area contributed by atoms with Gasteiger partial charge in [0.2, 0.25) is 0 Å². The van der Waals surface area contributed by atoms with E-state index in [4.69, 9.17) is 5.73 Å². The second-order valence-corrected chi connectivity index (χ2v) is 6.39. The molecule has 0 aliphatic rings. The normalized spacial score (nSPS) is 12.4. The number of hydrogen-bond acceptors (Lipinski definition) is 3. The molecule has 112 valence electrons. The van der Waals surface area contributed by atoms with Crippen LogP contribution in [0.2, 0.25) is 0 Å². The zero-order valence-corrected chi connectivity index (χ0v) is 13.3. The first kappa shape index (κ1) is 15.7. The van der Waals surface area contributed by atoms with Gasteiger partial charge >= 0.3 is 0 Å². The average molecular weight is 302 g/mol. The van der Waals surface area contributed by atoms with Crippen molar-refractivity contribution in [1.82, 2.24) is 5.32 Å². The zero-order chi connectivity index (χ0) is 15.2. The maximum absolute atomic E-state index is 12.6. The third kappa shape index (κ3) is 3.93. The first-order valence-electron chi connectivity index (χ1n) is 7.25. The Morgan fingerprint density at radius 1 is 1.24 bits per heavy atom. The summed E-state index contributed by atoms with van der Waals surface area (Å²) in [5.41, 5.74) is 7.36. The highest BCUT2D eigenvalue weighted by Gasteiger charge is 2.21. The molecule has 0 fully saturated rings. The topological polar surface area (TPSA) is 55.1 Å². The summed E-state index contributed by atoms with van der Waals surface area (Å²) in [6, 6.07) is 11.8. The Hall–Kier alpha value is -1.65. The highest BCUT2D eigenvalue weighted by atomic mass is 32.1. The lowest BCUT2D eigenvalue weighted by atomic mass is 10.00. The van der Waals surface area contributed by atoms with Crippen molar-refractivity contribution in [3.8, 4) is 0 Å². The number of rotatable bonds is 6. The molecule has 0 saturated carbocycles. The van der Waals surface area contributed by atoms with E-state index >= 15 is 0 Å². The van der Waals surface area contributed by atoms with Crippen LogP contribution in [0.25, 0.3) is 0 Å². The number of carbonyl (C=O) groups excluding carboxylic acids is 1. The van der Waals surface area contributed by atoms with Gasteiger partial charge in [0.1, 0.15) is 0 Å². The van der Waals surface area contributed by atoms with Crippen molar-refractivity contribution in [2.75, 3.05) is 6.54 Å². The molecule has 0 aliphatic carbocycles. The van der Waals surface area contributed by atoms with Crippen LogP contribution in [0, 0.1) is 5.92 Å². The monoisotopic (exact) mass is 302 g/mol. The van der Waals surface area contributed by atoms with Crippen LogP contribution in [-0.2, 0) is 6.42 Å². The number of benzene rings is 1. The van der Waals surface area contributed by atoms with Gasteiger partial charge in [0.15, 0.2) is 0 Å². The maximum Gasteiger partial charge on any atom is 0.252 e. The summed E-state index contributed by atoms with van der Waals surface area (Å²) < 4.78 is 0. The van der Waals surface area contributed by atoms with E-state index in [1.807, 2.05) is 35.7 Å². The van der Waals surface area contributed by atoms with Crippen LogP contribution in [0.5, 0.6) is 0 Å². The van der Waals surface area contributed by atoms with Crippen LogP contribution in [0.4, 0.5) is 0 Å². The first-order chi connectivity index (χ1) is 10.1. The standard InChI is InChI=1S/C17H22N2OS/c1-12(2)16(15-8-5-11-21-15)19-17(20)14-7-4-3-6-13(14)9-10-18/h3-8,11-12,16H,9-10,18H2,1-2H3,(H,19,20).